The molecular formula is C12H7FN2O. The summed E-state index contributed by atoms with van der Waals surface area (Å²) < 4.78 is 13.6. The van der Waals surface area contributed by atoms with Gasteiger partial charge in [0.05, 0.1) is 5.56 Å². The van der Waals surface area contributed by atoms with Gasteiger partial charge < -0.3 is 4.98 Å². The Labute approximate surface area is 90.8 Å². The van der Waals surface area contributed by atoms with Gasteiger partial charge in [0.1, 0.15) is 6.07 Å². The molecule has 1 heterocycles. The lowest BCUT2D eigenvalue weighted by molar-refractivity contribution is 0.611. The molecule has 0 radical (unpaired) electrons. The molecule has 0 saturated heterocycles. The second kappa shape index (κ2) is 3.99. The van der Waals surface area contributed by atoms with Gasteiger partial charge in [0, 0.05) is 11.8 Å². The molecule has 1 N–H and O–H groups in total. The van der Waals surface area contributed by atoms with Gasteiger partial charge in [-0.05, 0) is 5.56 Å². The lowest BCUT2D eigenvalue weighted by Gasteiger charge is -2.04. The van der Waals surface area contributed by atoms with E-state index in [9.17, 15) is 9.18 Å². The quantitative estimate of drug-likeness (QED) is 0.789. The molecule has 78 valence electrons. The standard InChI is InChI=1S/C12H7FN2O/c13-11-10(8-4-2-1-3-5-8)9(6-14)7-15-12(11)16/h1-5,7H,(H,15,16). The van der Waals surface area contributed by atoms with Crippen molar-refractivity contribution in [1.82, 2.24) is 4.98 Å². The van der Waals surface area contributed by atoms with Gasteiger partial charge in [-0.2, -0.15) is 5.26 Å². The van der Waals surface area contributed by atoms with Crippen LogP contribution in [0.1, 0.15) is 5.56 Å². The van der Waals surface area contributed by atoms with E-state index in [1.807, 2.05) is 6.07 Å². The van der Waals surface area contributed by atoms with E-state index in [2.05, 4.69) is 4.98 Å². The minimum atomic E-state index is -0.926. The number of nitrogens with zero attached hydrogens (tertiary/aromatic N) is 1. The van der Waals surface area contributed by atoms with Crippen LogP contribution in [0.2, 0.25) is 0 Å². The van der Waals surface area contributed by atoms with Crippen molar-refractivity contribution in [2.45, 2.75) is 0 Å². The van der Waals surface area contributed by atoms with Crippen molar-refractivity contribution in [3.05, 3.63) is 58.3 Å². The van der Waals surface area contributed by atoms with Gasteiger partial charge in [-0.1, -0.05) is 30.3 Å². The van der Waals surface area contributed by atoms with Gasteiger partial charge in [-0.15, -0.1) is 0 Å². The zero-order valence-electron chi connectivity index (χ0n) is 8.20. The van der Waals surface area contributed by atoms with E-state index in [4.69, 9.17) is 5.26 Å². The van der Waals surface area contributed by atoms with Crippen LogP contribution in [0.25, 0.3) is 11.1 Å². The van der Waals surface area contributed by atoms with E-state index in [0.29, 0.717) is 5.56 Å². The molecule has 0 bridgehead atoms. The molecule has 4 heteroatoms. The molecule has 0 aliphatic heterocycles. The predicted octanol–water partition coefficient (Wildman–Crippen LogP) is 2.05. The lowest BCUT2D eigenvalue weighted by Crippen LogP contribution is -2.12. The number of aromatic amines is 1. The third-order valence-electron chi connectivity index (χ3n) is 2.22. The number of hydrogen-bond acceptors (Lipinski definition) is 2. The summed E-state index contributed by atoms with van der Waals surface area (Å²) in [6.07, 6.45) is 1.22. The fraction of sp³-hybridized carbons (Fsp3) is 0. The maximum atomic E-state index is 13.6. The molecule has 2 rings (SSSR count). The zero-order chi connectivity index (χ0) is 11.5. The minimum absolute atomic E-state index is 0.0480. The first-order valence-electron chi connectivity index (χ1n) is 4.60. The van der Waals surface area contributed by atoms with Crippen molar-refractivity contribution in [2.75, 3.05) is 0 Å². The van der Waals surface area contributed by atoms with Crippen LogP contribution >= 0.6 is 0 Å². The Kier molecular flexibility index (Phi) is 2.52. The summed E-state index contributed by atoms with van der Waals surface area (Å²) in [6.45, 7) is 0. The summed E-state index contributed by atoms with van der Waals surface area (Å²) in [7, 11) is 0. The van der Waals surface area contributed by atoms with Gasteiger partial charge in [-0.3, -0.25) is 4.79 Å². The van der Waals surface area contributed by atoms with Crippen molar-refractivity contribution in [3.8, 4) is 17.2 Å². The Bertz CT molecular complexity index is 611. The van der Waals surface area contributed by atoms with Crippen LogP contribution < -0.4 is 5.56 Å². The van der Waals surface area contributed by atoms with Crippen LogP contribution in [0, 0.1) is 17.1 Å². The number of benzene rings is 1. The Morgan fingerprint density at radius 3 is 2.56 bits per heavy atom. The summed E-state index contributed by atoms with van der Waals surface area (Å²) in [5.74, 6) is -0.926. The molecule has 0 aliphatic rings. The number of halogens is 1. The van der Waals surface area contributed by atoms with E-state index in [1.54, 1.807) is 30.3 Å². The van der Waals surface area contributed by atoms with Crippen LogP contribution in [-0.2, 0) is 0 Å². The fourth-order valence-corrected chi connectivity index (χ4v) is 1.48. The monoisotopic (exact) mass is 214 g/mol. The number of nitriles is 1. The molecule has 0 aliphatic carbocycles. The SMILES string of the molecule is N#Cc1c[nH]c(=O)c(F)c1-c1ccccc1. The smallest absolute Gasteiger partial charge is 0.284 e. The minimum Gasteiger partial charge on any atom is -0.325 e. The summed E-state index contributed by atoms with van der Waals surface area (Å²) in [6, 6.07) is 10.4. The van der Waals surface area contributed by atoms with Crippen LogP contribution in [-0.4, -0.2) is 4.98 Å². The fourth-order valence-electron chi connectivity index (χ4n) is 1.48. The molecule has 0 spiro atoms. The van der Waals surface area contributed by atoms with E-state index in [-0.39, 0.29) is 11.1 Å². The second-order valence-corrected chi connectivity index (χ2v) is 3.20. The number of nitrogens with one attached hydrogen (secondary N) is 1. The summed E-state index contributed by atoms with van der Waals surface area (Å²) in [5.41, 5.74) is -0.143. The predicted molar refractivity (Wildman–Crippen MR) is 57.2 cm³/mol. The maximum absolute atomic E-state index is 13.6. The van der Waals surface area contributed by atoms with Gasteiger partial charge in [0.2, 0.25) is 0 Å². The Morgan fingerprint density at radius 2 is 1.94 bits per heavy atom. The highest BCUT2D eigenvalue weighted by Gasteiger charge is 2.13. The molecule has 2 aromatic rings. The first-order chi connectivity index (χ1) is 7.74. The summed E-state index contributed by atoms with van der Waals surface area (Å²) in [4.78, 5) is 13.3. The van der Waals surface area contributed by atoms with Gasteiger partial charge in [0.25, 0.3) is 5.56 Å². The first kappa shape index (κ1) is 10.1. The van der Waals surface area contributed by atoms with Crippen LogP contribution in [0.5, 0.6) is 0 Å². The van der Waals surface area contributed by atoms with Gasteiger partial charge in [0.15, 0.2) is 5.82 Å². The molecule has 3 nitrogen and oxygen atoms in total. The number of hydrogen-bond donors (Lipinski definition) is 1. The molecule has 0 saturated carbocycles. The number of aromatic nitrogens is 1. The Hall–Kier alpha value is -2.41. The van der Waals surface area contributed by atoms with E-state index < -0.39 is 11.4 Å². The average molecular weight is 214 g/mol. The van der Waals surface area contributed by atoms with Crippen LogP contribution in [0.3, 0.4) is 0 Å². The Balaban J connectivity index is 2.79. The zero-order valence-corrected chi connectivity index (χ0v) is 8.20. The van der Waals surface area contributed by atoms with E-state index >= 15 is 0 Å². The van der Waals surface area contributed by atoms with Crippen molar-refractivity contribution in [3.63, 3.8) is 0 Å². The number of rotatable bonds is 1. The Morgan fingerprint density at radius 1 is 1.25 bits per heavy atom. The van der Waals surface area contributed by atoms with Gasteiger partial charge >= 0.3 is 0 Å². The highest BCUT2D eigenvalue weighted by atomic mass is 19.1. The topological polar surface area (TPSA) is 56.6 Å². The molecule has 0 atom stereocenters. The summed E-state index contributed by atoms with van der Waals surface area (Å²) in [5, 5.41) is 8.86. The lowest BCUT2D eigenvalue weighted by atomic mass is 10.0. The first-order valence-corrected chi connectivity index (χ1v) is 4.60. The molecule has 1 aromatic carbocycles. The third-order valence-corrected chi connectivity index (χ3v) is 2.22. The molecule has 16 heavy (non-hydrogen) atoms. The highest BCUT2D eigenvalue weighted by molar-refractivity contribution is 5.70. The van der Waals surface area contributed by atoms with Crippen molar-refractivity contribution in [2.24, 2.45) is 0 Å². The molecular weight excluding hydrogens is 207 g/mol. The highest BCUT2D eigenvalue weighted by Crippen LogP contribution is 2.23. The number of H-pyrrole nitrogens is 1. The molecule has 0 amide bonds. The normalized spacial score (nSPS) is 9.75. The molecule has 0 unspecified atom stereocenters. The maximum Gasteiger partial charge on any atom is 0.284 e. The molecule has 0 fully saturated rings. The second-order valence-electron chi connectivity index (χ2n) is 3.20. The van der Waals surface area contributed by atoms with E-state index in [0.717, 1.165) is 0 Å². The summed E-state index contributed by atoms with van der Waals surface area (Å²) >= 11 is 0. The average Bonchev–Trinajstić information content (AvgIpc) is 2.33. The van der Waals surface area contributed by atoms with E-state index in [1.165, 1.54) is 6.20 Å². The third kappa shape index (κ3) is 1.59. The van der Waals surface area contributed by atoms with Crippen molar-refractivity contribution in [1.29, 1.82) is 5.26 Å². The van der Waals surface area contributed by atoms with Crippen molar-refractivity contribution >= 4 is 0 Å². The van der Waals surface area contributed by atoms with Crippen LogP contribution in [0.15, 0.2) is 41.3 Å². The van der Waals surface area contributed by atoms with Crippen LogP contribution in [0.4, 0.5) is 4.39 Å². The van der Waals surface area contributed by atoms with Gasteiger partial charge in [-0.25, -0.2) is 4.39 Å². The largest absolute Gasteiger partial charge is 0.325 e. The molecule has 1 aromatic heterocycles. The van der Waals surface area contributed by atoms with Crippen molar-refractivity contribution < 1.29 is 4.39 Å². The number of pyridine rings is 1.